The van der Waals surface area contributed by atoms with Crippen LogP contribution in [0.25, 0.3) is 0 Å². The summed E-state index contributed by atoms with van der Waals surface area (Å²) in [6, 6.07) is 10.6. The van der Waals surface area contributed by atoms with Gasteiger partial charge in [-0.1, -0.05) is 44.2 Å². The lowest BCUT2D eigenvalue weighted by molar-refractivity contribution is 0.274. The monoisotopic (exact) mass is 218 g/mol. The van der Waals surface area contributed by atoms with E-state index in [4.69, 9.17) is 4.74 Å². The van der Waals surface area contributed by atoms with Crippen molar-refractivity contribution in [3.8, 4) is 0 Å². The van der Waals surface area contributed by atoms with Crippen LogP contribution in [0.1, 0.15) is 44.6 Å². The molecule has 0 spiro atoms. The molecule has 0 N–H and O–H groups in total. The molecule has 16 heavy (non-hydrogen) atoms. The fourth-order valence-electron chi connectivity index (χ4n) is 1.76. The molecule has 0 radical (unpaired) electrons. The summed E-state index contributed by atoms with van der Waals surface area (Å²) in [5, 5.41) is 0. The Morgan fingerprint density at radius 2 is 2.00 bits per heavy atom. The fourth-order valence-corrected chi connectivity index (χ4v) is 1.76. The van der Waals surface area contributed by atoms with Crippen molar-refractivity contribution in [1.29, 1.82) is 0 Å². The van der Waals surface area contributed by atoms with Crippen LogP contribution in [-0.2, 0) is 4.74 Å². The molecule has 0 unspecified atom stereocenters. The van der Waals surface area contributed by atoms with Crippen molar-refractivity contribution in [1.82, 2.24) is 0 Å². The maximum absolute atomic E-state index is 5.34. The largest absolute Gasteiger partial charge is 0.501 e. The number of ether oxygens (including phenoxy) is 1. The summed E-state index contributed by atoms with van der Waals surface area (Å²) in [6.07, 6.45) is 5.45. The summed E-state index contributed by atoms with van der Waals surface area (Å²) in [6.45, 7) is 4.43. The molecule has 1 nitrogen and oxygen atoms in total. The summed E-state index contributed by atoms with van der Waals surface area (Å²) < 4.78 is 5.34. The molecule has 0 aliphatic heterocycles. The topological polar surface area (TPSA) is 9.23 Å². The van der Waals surface area contributed by atoms with Gasteiger partial charge in [-0.3, -0.25) is 0 Å². The molecule has 0 heterocycles. The molecular formula is C15H22O. The number of hydrogen-bond donors (Lipinski definition) is 0. The van der Waals surface area contributed by atoms with E-state index in [2.05, 4.69) is 50.3 Å². The van der Waals surface area contributed by atoms with Crippen molar-refractivity contribution >= 4 is 0 Å². The van der Waals surface area contributed by atoms with Crippen molar-refractivity contribution in [2.45, 2.75) is 39.0 Å². The van der Waals surface area contributed by atoms with Crippen molar-refractivity contribution in [3.05, 3.63) is 47.7 Å². The van der Waals surface area contributed by atoms with E-state index in [0.29, 0.717) is 5.92 Å². The third-order valence-electron chi connectivity index (χ3n) is 2.83. The predicted octanol–water partition coefficient (Wildman–Crippen LogP) is 4.51. The maximum atomic E-state index is 5.34. The quantitative estimate of drug-likeness (QED) is 0.638. The van der Waals surface area contributed by atoms with E-state index in [1.807, 2.05) is 0 Å². The Hall–Kier alpha value is -1.24. The lowest BCUT2D eigenvalue weighted by Crippen LogP contribution is -1.93. The molecule has 1 heteroatoms. The summed E-state index contributed by atoms with van der Waals surface area (Å²) in [5.74, 6) is 1.67. The van der Waals surface area contributed by atoms with Crippen molar-refractivity contribution in [2.24, 2.45) is 0 Å². The molecule has 0 saturated carbocycles. The summed E-state index contributed by atoms with van der Waals surface area (Å²) in [4.78, 5) is 0. The van der Waals surface area contributed by atoms with E-state index in [-0.39, 0.29) is 0 Å². The Labute approximate surface area is 99.1 Å². The van der Waals surface area contributed by atoms with Gasteiger partial charge in [0.25, 0.3) is 0 Å². The average Bonchev–Trinajstić information content (AvgIpc) is 2.35. The van der Waals surface area contributed by atoms with Crippen LogP contribution in [-0.4, -0.2) is 7.11 Å². The standard InChI is InChI=1S/C15H22O/c1-4-8-15(16-3)12-11-13(2)14-9-6-5-7-10-14/h5-7,9-10,12-13H,4,8,11H2,1-3H3/b15-12+/t13-/m1/s1. The second kappa shape index (κ2) is 7.10. The molecule has 0 aliphatic rings. The molecule has 1 atom stereocenters. The first kappa shape index (κ1) is 12.8. The number of allylic oxidation sites excluding steroid dienone is 2. The zero-order valence-corrected chi connectivity index (χ0v) is 10.6. The highest BCUT2D eigenvalue weighted by Gasteiger charge is 2.03. The van der Waals surface area contributed by atoms with Crippen molar-refractivity contribution in [2.75, 3.05) is 7.11 Å². The van der Waals surface area contributed by atoms with E-state index in [0.717, 1.165) is 25.0 Å². The first-order valence-corrected chi connectivity index (χ1v) is 6.05. The molecule has 1 aromatic carbocycles. The molecule has 0 fully saturated rings. The van der Waals surface area contributed by atoms with Gasteiger partial charge in [0.2, 0.25) is 0 Å². The minimum atomic E-state index is 0.559. The third kappa shape index (κ3) is 4.09. The second-order valence-corrected chi connectivity index (χ2v) is 4.17. The summed E-state index contributed by atoms with van der Waals surface area (Å²) >= 11 is 0. The van der Waals surface area contributed by atoms with E-state index in [1.54, 1.807) is 7.11 Å². The number of hydrogen-bond acceptors (Lipinski definition) is 1. The Kier molecular flexibility index (Phi) is 5.69. The SMILES string of the molecule is CCC/C(=C\C[C@@H](C)c1ccccc1)OC. The number of methoxy groups -OCH3 is 1. The predicted molar refractivity (Wildman–Crippen MR) is 69.5 cm³/mol. The highest BCUT2D eigenvalue weighted by atomic mass is 16.5. The van der Waals surface area contributed by atoms with Gasteiger partial charge in [-0.05, 0) is 30.4 Å². The zero-order valence-electron chi connectivity index (χ0n) is 10.6. The molecule has 0 bridgehead atoms. The lowest BCUT2D eigenvalue weighted by Gasteiger charge is -2.10. The molecule has 1 aromatic rings. The Balaban J connectivity index is 2.54. The van der Waals surface area contributed by atoms with Gasteiger partial charge < -0.3 is 4.74 Å². The maximum Gasteiger partial charge on any atom is 0.0915 e. The molecular weight excluding hydrogens is 196 g/mol. The van der Waals surface area contributed by atoms with Crippen LogP contribution in [0, 0.1) is 0 Å². The summed E-state index contributed by atoms with van der Waals surface area (Å²) in [5.41, 5.74) is 1.39. The third-order valence-corrected chi connectivity index (χ3v) is 2.83. The first-order chi connectivity index (χ1) is 7.77. The smallest absolute Gasteiger partial charge is 0.0915 e. The van der Waals surface area contributed by atoms with E-state index >= 15 is 0 Å². The molecule has 88 valence electrons. The number of benzene rings is 1. The van der Waals surface area contributed by atoms with Gasteiger partial charge in [-0.15, -0.1) is 0 Å². The highest BCUT2D eigenvalue weighted by Crippen LogP contribution is 2.20. The molecule has 0 amide bonds. The molecule has 0 saturated heterocycles. The van der Waals surface area contributed by atoms with Gasteiger partial charge in [0, 0.05) is 6.42 Å². The van der Waals surface area contributed by atoms with Gasteiger partial charge in [-0.25, -0.2) is 0 Å². The van der Waals surface area contributed by atoms with Crippen LogP contribution < -0.4 is 0 Å². The van der Waals surface area contributed by atoms with Crippen LogP contribution in [0.15, 0.2) is 42.2 Å². The molecule has 0 aliphatic carbocycles. The lowest BCUT2D eigenvalue weighted by atomic mass is 9.97. The minimum Gasteiger partial charge on any atom is -0.501 e. The van der Waals surface area contributed by atoms with Crippen LogP contribution >= 0.6 is 0 Å². The van der Waals surface area contributed by atoms with Crippen LogP contribution in [0.5, 0.6) is 0 Å². The Morgan fingerprint density at radius 1 is 1.31 bits per heavy atom. The van der Waals surface area contributed by atoms with Crippen LogP contribution in [0.4, 0.5) is 0 Å². The van der Waals surface area contributed by atoms with E-state index in [9.17, 15) is 0 Å². The first-order valence-electron chi connectivity index (χ1n) is 6.05. The van der Waals surface area contributed by atoms with Crippen LogP contribution in [0.2, 0.25) is 0 Å². The minimum absolute atomic E-state index is 0.559. The van der Waals surface area contributed by atoms with Gasteiger partial charge in [-0.2, -0.15) is 0 Å². The van der Waals surface area contributed by atoms with Gasteiger partial charge in [0.15, 0.2) is 0 Å². The summed E-state index contributed by atoms with van der Waals surface area (Å²) in [7, 11) is 1.76. The van der Waals surface area contributed by atoms with Gasteiger partial charge in [0.05, 0.1) is 12.9 Å². The van der Waals surface area contributed by atoms with Crippen LogP contribution in [0.3, 0.4) is 0 Å². The normalized spacial score (nSPS) is 13.6. The van der Waals surface area contributed by atoms with Crippen molar-refractivity contribution in [3.63, 3.8) is 0 Å². The average molecular weight is 218 g/mol. The Bertz CT molecular complexity index is 313. The number of rotatable bonds is 6. The molecule has 0 aromatic heterocycles. The zero-order chi connectivity index (χ0) is 11.8. The van der Waals surface area contributed by atoms with E-state index < -0.39 is 0 Å². The fraction of sp³-hybridized carbons (Fsp3) is 0.467. The second-order valence-electron chi connectivity index (χ2n) is 4.17. The Morgan fingerprint density at radius 3 is 2.56 bits per heavy atom. The molecule has 1 rings (SSSR count). The van der Waals surface area contributed by atoms with E-state index in [1.165, 1.54) is 5.56 Å². The highest BCUT2D eigenvalue weighted by molar-refractivity contribution is 5.19. The van der Waals surface area contributed by atoms with Gasteiger partial charge in [0.1, 0.15) is 0 Å². The van der Waals surface area contributed by atoms with Gasteiger partial charge >= 0.3 is 0 Å². The van der Waals surface area contributed by atoms with Crippen molar-refractivity contribution < 1.29 is 4.74 Å².